The van der Waals surface area contributed by atoms with Gasteiger partial charge in [0.2, 0.25) is 0 Å². The topological polar surface area (TPSA) is 44.8 Å². The van der Waals surface area contributed by atoms with Gasteiger partial charge in [-0.3, -0.25) is 0 Å². The maximum Gasteiger partial charge on any atom is 0.330 e. The smallest absolute Gasteiger partial charge is 0.330 e. The molecule has 4 rings (SSSR count). The van der Waals surface area contributed by atoms with E-state index < -0.39 is 16.6 Å². The summed E-state index contributed by atoms with van der Waals surface area (Å²) in [5, 5.41) is 4.71. The van der Waals surface area contributed by atoms with Gasteiger partial charge < -0.3 is 13.6 Å². The maximum absolute atomic E-state index is 12.1. The van der Waals surface area contributed by atoms with E-state index in [0.717, 1.165) is 6.42 Å². The molecule has 0 unspecified atom stereocenters. The minimum absolute atomic E-state index is 0.0713. The van der Waals surface area contributed by atoms with Crippen molar-refractivity contribution >= 4 is 43.4 Å². The van der Waals surface area contributed by atoms with Crippen molar-refractivity contribution in [2.24, 2.45) is 0 Å². The lowest BCUT2D eigenvalue weighted by molar-refractivity contribution is -0.137. The van der Waals surface area contributed by atoms with Crippen molar-refractivity contribution < 1.29 is 18.4 Å². The minimum atomic E-state index is -2.84. The van der Waals surface area contributed by atoms with Crippen molar-refractivity contribution in [1.82, 2.24) is 0 Å². The molecule has 4 aromatic rings. The Morgan fingerprint density at radius 2 is 0.926 bits per heavy atom. The lowest BCUT2D eigenvalue weighted by Gasteiger charge is -2.44. The Bertz CT molecular complexity index is 1740. The lowest BCUT2D eigenvalue weighted by atomic mass is 10.2. The molecular weight excluding hydrogens is 697 g/mol. The second-order valence-corrected chi connectivity index (χ2v) is 24.1. The first kappa shape index (κ1) is 42.4. The van der Waals surface area contributed by atoms with Crippen molar-refractivity contribution in [3.8, 4) is 0 Å². The summed E-state index contributed by atoms with van der Waals surface area (Å²) in [4.78, 5) is 12.1. The molecule has 6 heteroatoms. The van der Waals surface area contributed by atoms with E-state index in [4.69, 9.17) is 13.6 Å². The Labute approximate surface area is 327 Å². The fraction of sp³-hybridized carbons (Fsp3) is 0.312. The van der Waals surface area contributed by atoms with Crippen molar-refractivity contribution in [2.75, 3.05) is 6.61 Å². The number of benzene rings is 4. The molecule has 0 aliphatic heterocycles. The Morgan fingerprint density at radius 3 is 1.30 bits per heavy atom. The highest BCUT2D eigenvalue weighted by Gasteiger charge is 2.52. The zero-order valence-corrected chi connectivity index (χ0v) is 35.6. The SMILES string of the molecule is CCOC(=O)/C=C/C=C/[C@@H](C/C=C\C=C\[C@@H](CC)O[Si](c1ccccc1)(c1ccccc1)C(C)(C)C)O[Si](c1ccccc1)(c1ccccc1)C(C)(C)C. The van der Waals surface area contributed by atoms with Gasteiger partial charge in [-0.05, 0) is 50.6 Å². The van der Waals surface area contributed by atoms with E-state index in [1.54, 1.807) is 13.0 Å². The van der Waals surface area contributed by atoms with E-state index >= 15 is 0 Å². The predicted molar refractivity (Wildman–Crippen MR) is 233 cm³/mol. The fourth-order valence-electron chi connectivity index (χ4n) is 7.25. The molecule has 0 saturated heterocycles. The molecule has 0 aliphatic carbocycles. The molecule has 0 N–H and O–H groups in total. The summed E-state index contributed by atoms with van der Waals surface area (Å²) < 4.78 is 20.0. The molecule has 2 atom stereocenters. The molecule has 0 amide bonds. The van der Waals surface area contributed by atoms with Crippen LogP contribution in [-0.2, 0) is 18.4 Å². The van der Waals surface area contributed by atoms with E-state index in [1.807, 2.05) is 6.08 Å². The van der Waals surface area contributed by atoms with Crippen LogP contribution in [0, 0.1) is 0 Å². The summed E-state index contributed by atoms with van der Waals surface area (Å²) >= 11 is 0. The molecule has 0 heterocycles. The first-order valence-corrected chi connectivity index (χ1v) is 23.1. The Balaban J connectivity index is 1.67. The quantitative estimate of drug-likeness (QED) is 0.0466. The maximum atomic E-state index is 12.1. The summed E-state index contributed by atoms with van der Waals surface area (Å²) in [5.41, 5.74) is 0. The Morgan fingerprint density at radius 1 is 0.556 bits per heavy atom. The average molecular weight is 757 g/mol. The molecule has 0 radical (unpaired) electrons. The van der Waals surface area contributed by atoms with Crippen LogP contribution in [0.15, 0.2) is 170 Å². The molecule has 0 bridgehead atoms. The predicted octanol–water partition coefficient (Wildman–Crippen LogP) is 9.46. The zero-order chi connectivity index (χ0) is 39.1. The van der Waals surface area contributed by atoms with Gasteiger partial charge in [-0.1, -0.05) is 212 Å². The molecule has 284 valence electrons. The Hall–Kier alpha value is -4.34. The second kappa shape index (κ2) is 19.8. The van der Waals surface area contributed by atoms with Crippen molar-refractivity contribution in [3.63, 3.8) is 0 Å². The molecular formula is C48H60O4Si2. The minimum Gasteiger partial charge on any atom is -0.463 e. The summed E-state index contributed by atoms with van der Waals surface area (Å²) in [6, 6.07) is 43.0. The number of esters is 1. The van der Waals surface area contributed by atoms with Crippen molar-refractivity contribution in [2.45, 2.75) is 90.5 Å². The second-order valence-electron chi connectivity index (χ2n) is 15.6. The molecule has 4 aromatic carbocycles. The Kier molecular flexibility index (Phi) is 15.6. The van der Waals surface area contributed by atoms with Crippen LogP contribution in [0.3, 0.4) is 0 Å². The molecule has 54 heavy (non-hydrogen) atoms. The third-order valence-corrected chi connectivity index (χ3v) is 19.9. The fourth-order valence-corrected chi connectivity index (χ4v) is 16.6. The third kappa shape index (κ3) is 10.4. The van der Waals surface area contributed by atoms with Crippen molar-refractivity contribution in [1.29, 1.82) is 0 Å². The summed E-state index contributed by atoms with van der Waals surface area (Å²) in [6.45, 7) is 18.2. The molecule has 4 nitrogen and oxygen atoms in total. The van der Waals surface area contributed by atoms with Crippen LogP contribution in [0.2, 0.25) is 10.1 Å². The van der Waals surface area contributed by atoms with Crippen molar-refractivity contribution in [3.05, 3.63) is 170 Å². The number of carbonyl (C=O) groups excluding carboxylic acids is 1. The van der Waals surface area contributed by atoms with Crippen LogP contribution in [-0.4, -0.2) is 41.4 Å². The van der Waals surface area contributed by atoms with Gasteiger partial charge in [-0.25, -0.2) is 4.79 Å². The van der Waals surface area contributed by atoms with Crippen LogP contribution in [0.4, 0.5) is 0 Å². The van der Waals surface area contributed by atoms with Gasteiger partial charge in [0.1, 0.15) is 0 Å². The third-order valence-electron chi connectivity index (χ3n) is 9.79. The average Bonchev–Trinajstić information content (AvgIpc) is 3.16. The number of carbonyl (C=O) groups is 1. The molecule has 0 spiro atoms. The molecule has 0 saturated carbocycles. The number of allylic oxidation sites excluding steroid dienone is 4. The van der Waals surface area contributed by atoms with Gasteiger partial charge in [0, 0.05) is 6.08 Å². The highest BCUT2D eigenvalue weighted by atomic mass is 28.4. The highest BCUT2D eigenvalue weighted by Crippen LogP contribution is 2.39. The van der Waals surface area contributed by atoms with E-state index in [1.165, 1.54) is 26.8 Å². The van der Waals surface area contributed by atoms with Gasteiger partial charge in [-0.15, -0.1) is 0 Å². The zero-order valence-electron chi connectivity index (χ0n) is 33.6. The monoisotopic (exact) mass is 756 g/mol. The normalized spacial score (nSPS) is 14.3. The summed E-state index contributed by atoms with van der Waals surface area (Å²) in [6.07, 6.45) is 16.9. The number of hydrogen-bond acceptors (Lipinski definition) is 4. The van der Waals surface area contributed by atoms with Crippen LogP contribution in [0.5, 0.6) is 0 Å². The lowest BCUT2D eigenvalue weighted by Crippen LogP contribution is -2.67. The molecule has 0 aromatic heterocycles. The van der Waals surface area contributed by atoms with E-state index in [9.17, 15) is 4.79 Å². The van der Waals surface area contributed by atoms with Crippen LogP contribution >= 0.6 is 0 Å². The van der Waals surface area contributed by atoms with Crippen LogP contribution in [0.25, 0.3) is 0 Å². The summed E-state index contributed by atoms with van der Waals surface area (Å²) in [5.74, 6) is -0.359. The highest BCUT2D eigenvalue weighted by molar-refractivity contribution is 7.00. The summed E-state index contributed by atoms with van der Waals surface area (Å²) in [7, 11) is -5.54. The number of hydrogen-bond donors (Lipinski definition) is 0. The van der Waals surface area contributed by atoms with Crippen LogP contribution < -0.4 is 20.7 Å². The van der Waals surface area contributed by atoms with Gasteiger partial charge in [0.05, 0.1) is 18.8 Å². The van der Waals surface area contributed by atoms with Gasteiger partial charge >= 0.3 is 5.97 Å². The van der Waals surface area contributed by atoms with E-state index in [-0.39, 0.29) is 28.3 Å². The van der Waals surface area contributed by atoms with E-state index in [2.05, 4.69) is 200 Å². The first-order chi connectivity index (χ1) is 25.9. The molecule has 0 aliphatic rings. The van der Waals surface area contributed by atoms with Gasteiger partial charge in [0.15, 0.2) is 0 Å². The largest absolute Gasteiger partial charge is 0.463 e. The standard InChI is InChI=1S/C48H60O4Si2/c1-9-40(51-53(47(3,4)5,42-31-18-12-19-32-42)43-33-20-13-21-34-43)28-16-11-17-29-41(30-26-27-39-46(49)50-10-2)52-54(48(6,7)8,44-35-22-14-23-36-44)45-37-24-15-25-38-45/h11-28,30-41H,9-10,29H2,1-8H3/b17-11-,28-16+,30-26+,39-27+/t40-,41-/m1/s1. The van der Waals surface area contributed by atoms with Crippen LogP contribution in [0.1, 0.15) is 68.2 Å². The van der Waals surface area contributed by atoms with E-state index in [0.29, 0.717) is 13.0 Å². The van der Waals surface area contributed by atoms with Gasteiger partial charge in [-0.2, -0.15) is 0 Å². The first-order valence-electron chi connectivity index (χ1n) is 19.3. The number of rotatable bonds is 17. The number of ether oxygens (including phenoxy) is 1. The molecule has 0 fully saturated rings. The van der Waals surface area contributed by atoms with Gasteiger partial charge in [0.25, 0.3) is 16.6 Å².